The lowest BCUT2D eigenvalue weighted by Crippen LogP contribution is -2.41. The van der Waals surface area contributed by atoms with Gasteiger partial charge in [-0.1, -0.05) is 60.2 Å². The van der Waals surface area contributed by atoms with Gasteiger partial charge in [0, 0.05) is 18.1 Å². The van der Waals surface area contributed by atoms with Crippen LogP contribution < -0.4 is 9.62 Å². The van der Waals surface area contributed by atoms with E-state index in [1.807, 2.05) is 32.0 Å². The van der Waals surface area contributed by atoms with Crippen molar-refractivity contribution in [1.82, 2.24) is 5.32 Å². The van der Waals surface area contributed by atoms with Crippen molar-refractivity contribution < 1.29 is 13.2 Å². The van der Waals surface area contributed by atoms with Crippen molar-refractivity contribution >= 4 is 33.4 Å². The van der Waals surface area contributed by atoms with Crippen LogP contribution in [0.5, 0.6) is 0 Å². The van der Waals surface area contributed by atoms with E-state index in [4.69, 9.17) is 0 Å². The van der Waals surface area contributed by atoms with Crippen molar-refractivity contribution in [1.29, 1.82) is 0 Å². The first kappa shape index (κ1) is 24.9. The lowest BCUT2D eigenvalue weighted by Gasteiger charge is -2.26. The van der Waals surface area contributed by atoms with Gasteiger partial charge in [0.15, 0.2) is 0 Å². The number of amides is 1. The molecule has 0 saturated heterocycles. The molecule has 0 aliphatic carbocycles. The average molecular weight is 483 g/mol. The van der Waals surface area contributed by atoms with E-state index in [9.17, 15) is 13.2 Å². The van der Waals surface area contributed by atoms with Crippen LogP contribution in [0.25, 0.3) is 0 Å². The average Bonchev–Trinajstić information content (AvgIpc) is 2.79. The zero-order valence-electron chi connectivity index (χ0n) is 19.2. The second-order valence-electron chi connectivity index (χ2n) is 8.01. The van der Waals surface area contributed by atoms with E-state index >= 15 is 0 Å². The molecule has 0 unspecified atom stereocenters. The van der Waals surface area contributed by atoms with Gasteiger partial charge in [-0.3, -0.25) is 9.10 Å². The fourth-order valence-electron chi connectivity index (χ4n) is 3.45. The highest BCUT2D eigenvalue weighted by atomic mass is 32.2. The number of thioether (sulfide) groups is 1. The number of hydrogen-bond acceptors (Lipinski definition) is 4. The van der Waals surface area contributed by atoms with Crippen molar-refractivity contribution in [2.75, 3.05) is 23.1 Å². The molecule has 0 radical (unpaired) electrons. The summed E-state index contributed by atoms with van der Waals surface area (Å²) in [5.74, 6) is 1.29. The molecular formula is C26H30N2O3S2. The molecule has 174 valence electrons. The standard InChI is InChI=1S/C26H30N2O3S2/c1-20-8-7-9-23(16-20)19-32-15-14-27-26(29)18-28(25-17-21(2)12-13-22(25)3)33(30,31)24-10-5-4-6-11-24/h4-13,16-17H,14-15,18-19H2,1-3H3,(H,27,29). The Bertz CT molecular complexity index is 1200. The summed E-state index contributed by atoms with van der Waals surface area (Å²) in [4.78, 5) is 12.9. The van der Waals surface area contributed by atoms with E-state index in [1.54, 1.807) is 48.2 Å². The van der Waals surface area contributed by atoms with Crippen LogP contribution in [0.1, 0.15) is 22.3 Å². The number of aryl methyl sites for hydroxylation is 3. The molecule has 0 aromatic heterocycles. The van der Waals surface area contributed by atoms with E-state index in [-0.39, 0.29) is 17.3 Å². The Morgan fingerprint density at radius 1 is 0.909 bits per heavy atom. The molecule has 0 saturated carbocycles. The zero-order chi connectivity index (χ0) is 23.8. The minimum absolute atomic E-state index is 0.160. The van der Waals surface area contributed by atoms with E-state index in [1.165, 1.54) is 15.4 Å². The van der Waals surface area contributed by atoms with Gasteiger partial charge in [-0.2, -0.15) is 11.8 Å². The fraction of sp³-hybridized carbons (Fsp3) is 0.269. The third-order valence-corrected chi connectivity index (χ3v) is 7.98. The van der Waals surface area contributed by atoms with Gasteiger partial charge in [0.25, 0.3) is 10.0 Å². The molecule has 3 aromatic carbocycles. The molecular weight excluding hydrogens is 452 g/mol. The van der Waals surface area contributed by atoms with Crippen LogP contribution in [0.3, 0.4) is 0 Å². The monoisotopic (exact) mass is 482 g/mol. The smallest absolute Gasteiger partial charge is 0.264 e. The van der Waals surface area contributed by atoms with Gasteiger partial charge in [-0.25, -0.2) is 8.42 Å². The summed E-state index contributed by atoms with van der Waals surface area (Å²) < 4.78 is 28.1. The van der Waals surface area contributed by atoms with Gasteiger partial charge in [0.1, 0.15) is 6.54 Å². The minimum atomic E-state index is -3.90. The van der Waals surface area contributed by atoms with Gasteiger partial charge in [0.2, 0.25) is 5.91 Å². The highest BCUT2D eigenvalue weighted by Crippen LogP contribution is 2.27. The summed E-state index contributed by atoms with van der Waals surface area (Å²) in [5, 5.41) is 2.87. The van der Waals surface area contributed by atoms with Crippen LogP contribution >= 0.6 is 11.8 Å². The van der Waals surface area contributed by atoms with Crippen molar-refractivity contribution in [2.45, 2.75) is 31.4 Å². The molecule has 0 aliphatic rings. The minimum Gasteiger partial charge on any atom is -0.354 e. The molecule has 3 rings (SSSR count). The predicted octanol–water partition coefficient (Wildman–Crippen LogP) is 4.86. The number of nitrogens with zero attached hydrogens (tertiary/aromatic N) is 1. The maximum absolute atomic E-state index is 13.4. The number of carbonyl (C=O) groups is 1. The first-order chi connectivity index (χ1) is 15.8. The van der Waals surface area contributed by atoms with Gasteiger partial charge in [-0.15, -0.1) is 0 Å². The quantitative estimate of drug-likeness (QED) is 0.419. The van der Waals surface area contributed by atoms with E-state index in [0.717, 1.165) is 22.6 Å². The Morgan fingerprint density at radius 3 is 2.36 bits per heavy atom. The van der Waals surface area contributed by atoms with Crippen LogP contribution in [0.2, 0.25) is 0 Å². The summed E-state index contributed by atoms with van der Waals surface area (Å²) in [6, 6.07) is 22.2. The Morgan fingerprint density at radius 2 is 1.64 bits per heavy atom. The Kier molecular flexibility index (Phi) is 8.58. The Hall–Kier alpha value is -2.77. The molecule has 0 fully saturated rings. The summed E-state index contributed by atoms with van der Waals surface area (Å²) in [6.07, 6.45) is 0. The topological polar surface area (TPSA) is 66.5 Å². The van der Waals surface area contributed by atoms with Gasteiger partial charge >= 0.3 is 0 Å². The van der Waals surface area contributed by atoms with Crippen molar-refractivity contribution in [3.8, 4) is 0 Å². The van der Waals surface area contributed by atoms with E-state index in [0.29, 0.717) is 12.2 Å². The molecule has 7 heteroatoms. The summed E-state index contributed by atoms with van der Waals surface area (Å²) in [7, 11) is -3.90. The van der Waals surface area contributed by atoms with E-state index < -0.39 is 10.0 Å². The number of nitrogens with one attached hydrogen (secondary N) is 1. The number of rotatable bonds is 10. The van der Waals surface area contributed by atoms with Crippen molar-refractivity contribution in [3.63, 3.8) is 0 Å². The fourth-order valence-corrected chi connectivity index (χ4v) is 5.75. The van der Waals surface area contributed by atoms with Crippen LogP contribution in [-0.2, 0) is 20.6 Å². The molecule has 33 heavy (non-hydrogen) atoms. The molecule has 1 N–H and O–H groups in total. The Labute approximate surface area is 201 Å². The molecule has 0 spiro atoms. The largest absolute Gasteiger partial charge is 0.354 e. The van der Waals surface area contributed by atoms with Crippen LogP contribution in [0, 0.1) is 20.8 Å². The third-order valence-electron chi connectivity index (χ3n) is 5.17. The molecule has 0 aliphatic heterocycles. The van der Waals surface area contributed by atoms with Gasteiger partial charge in [0.05, 0.1) is 10.6 Å². The molecule has 0 bridgehead atoms. The van der Waals surface area contributed by atoms with Crippen LogP contribution in [0.4, 0.5) is 5.69 Å². The number of hydrogen-bond donors (Lipinski definition) is 1. The third kappa shape index (κ3) is 6.85. The first-order valence-electron chi connectivity index (χ1n) is 10.8. The highest BCUT2D eigenvalue weighted by Gasteiger charge is 2.28. The lowest BCUT2D eigenvalue weighted by atomic mass is 10.1. The van der Waals surface area contributed by atoms with Gasteiger partial charge < -0.3 is 5.32 Å². The van der Waals surface area contributed by atoms with Crippen molar-refractivity contribution in [2.24, 2.45) is 0 Å². The zero-order valence-corrected chi connectivity index (χ0v) is 20.9. The first-order valence-corrected chi connectivity index (χ1v) is 13.4. The second kappa shape index (κ2) is 11.4. The lowest BCUT2D eigenvalue weighted by molar-refractivity contribution is -0.119. The second-order valence-corrected chi connectivity index (χ2v) is 11.0. The van der Waals surface area contributed by atoms with Crippen LogP contribution in [0.15, 0.2) is 77.7 Å². The highest BCUT2D eigenvalue weighted by molar-refractivity contribution is 7.98. The molecule has 1 amide bonds. The normalized spacial score (nSPS) is 11.2. The number of carbonyl (C=O) groups excluding carboxylic acids is 1. The maximum Gasteiger partial charge on any atom is 0.264 e. The molecule has 0 atom stereocenters. The summed E-state index contributed by atoms with van der Waals surface area (Å²) in [6.45, 7) is 6.02. The van der Waals surface area contributed by atoms with Crippen molar-refractivity contribution in [3.05, 3.63) is 95.1 Å². The number of benzene rings is 3. The molecule has 3 aromatic rings. The van der Waals surface area contributed by atoms with Gasteiger partial charge in [-0.05, 0) is 55.7 Å². The number of anilines is 1. The summed E-state index contributed by atoms with van der Waals surface area (Å²) in [5.41, 5.74) is 4.72. The maximum atomic E-state index is 13.4. The number of sulfonamides is 1. The SMILES string of the molecule is Cc1cccc(CSCCNC(=O)CN(c2cc(C)ccc2C)S(=O)(=O)c2ccccc2)c1. The van der Waals surface area contributed by atoms with E-state index in [2.05, 4.69) is 30.4 Å². The Balaban J connectivity index is 1.67. The molecule has 0 heterocycles. The summed E-state index contributed by atoms with van der Waals surface area (Å²) >= 11 is 1.73. The van der Waals surface area contributed by atoms with Crippen LogP contribution in [-0.4, -0.2) is 33.2 Å². The predicted molar refractivity (Wildman–Crippen MR) is 137 cm³/mol. The molecule has 5 nitrogen and oxygen atoms in total.